The Balaban J connectivity index is 2.10. The molecule has 4 N–H and O–H groups in total. The van der Waals surface area contributed by atoms with Crippen LogP contribution in [0.4, 0.5) is 0 Å². The van der Waals surface area contributed by atoms with E-state index in [9.17, 15) is 0 Å². The van der Waals surface area contributed by atoms with Gasteiger partial charge in [0.05, 0.1) is 0 Å². The predicted molar refractivity (Wildman–Crippen MR) is 88.3 cm³/mol. The zero-order chi connectivity index (χ0) is 15.2. The van der Waals surface area contributed by atoms with Crippen LogP contribution in [0.5, 0.6) is 0 Å². The molecule has 0 aliphatic carbocycles. The number of amidine groups is 1. The lowest BCUT2D eigenvalue weighted by Gasteiger charge is -2.16. The van der Waals surface area contributed by atoms with Gasteiger partial charge < -0.3 is 16.3 Å². The third kappa shape index (κ3) is 4.06. The molecule has 0 unspecified atom stereocenters. The van der Waals surface area contributed by atoms with Gasteiger partial charge in [0.25, 0.3) is 0 Å². The van der Waals surface area contributed by atoms with E-state index in [-0.39, 0.29) is 11.9 Å². The Morgan fingerprint density at radius 3 is 2.76 bits per heavy atom. The lowest BCUT2D eigenvalue weighted by molar-refractivity contribution is 0.318. The van der Waals surface area contributed by atoms with Gasteiger partial charge in [0.15, 0.2) is 5.84 Å². The Bertz CT molecular complexity index is 643. The molecule has 0 spiro atoms. The minimum Gasteiger partial charge on any atom is -0.409 e. The number of nitrogens with zero attached hydrogens (tertiary/aromatic N) is 1. The standard InChI is InChI=1S/C16H18BrN3O/c1-11(12-6-4-7-14(17)9-12)19-10-13-5-2-3-8-15(13)16(18)20-21/h2-9,11,19,21H,10H2,1H3,(H2,18,20)/t11-/m0/s1. The van der Waals surface area contributed by atoms with Gasteiger partial charge in [-0.25, -0.2) is 0 Å². The fraction of sp³-hybridized carbons (Fsp3) is 0.188. The second-order valence-corrected chi connectivity index (χ2v) is 5.72. The summed E-state index contributed by atoms with van der Waals surface area (Å²) in [5.41, 5.74) is 8.64. The van der Waals surface area contributed by atoms with Gasteiger partial charge in [-0.05, 0) is 30.2 Å². The van der Waals surface area contributed by atoms with Gasteiger partial charge in [-0.15, -0.1) is 0 Å². The molecule has 0 saturated carbocycles. The molecule has 0 fully saturated rings. The van der Waals surface area contributed by atoms with Gasteiger partial charge in [0, 0.05) is 22.6 Å². The zero-order valence-electron chi connectivity index (χ0n) is 11.8. The van der Waals surface area contributed by atoms with Crippen molar-refractivity contribution in [3.05, 3.63) is 69.7 Å². The van der Waals surface area contributed by atoms with Crippen LogP contribution in [0.3, 0.4) is 0 Å². The van der Waals surface area contributed by atoms with Crippen LogP contribution in [0.2, 0.25) is 0 Å². The van der Waals surface area contributed by atoms with Crippen molar-refractivity contribution in [2.75, 3.05) is 0 Å². The molecule has 21 heavy (non-hydrogen) atoms. The highest BCUT2D eigenvalue weighted by Crippen LogP contribution is 2.18. The SMILES string of the molecule is C[C@H](NCc1ccccc1/C(N)=N/O)c1cccc(Br)c1. The molecule has 0 saturated heterocycles. The van der Waals surface area contributed by atoms with Crippen LogP contribution >= 0.6 is 15.9 Å². The van der Waals surface area contributed by atoms with Crippen LogP contribution in [0.25, 0.3) is 0 Å². The summed E-state index contributed by atoms with van der Waals surface area (Å²) in [5.74, 6) is 0.127. The third-order valence-electron chi connectivity index (χ3n) is 3.35. The highest BCUT2D eigenvalue weighted by molar-refractivity contribution is 9.10. The van der Waals surface area contributed by atoms with Crippen LogP contribution in [0, 0.1) is 0 Å². The van der Waals surface area contributed by atoms with Gasteiger partial charge in [0.1, 0.15) is 0 Å². The van der Waals surface area contributed by atoms with Crippen molar-refractivity contribution >= 4 is 21.8 Å². The first-order valence-electron chi connectivity index (χ1n) is 6.66. The first kappa shape index (κ1) is 15.5. The number of rotatable bonds is 5. The number of hydrogen-bond acceptors (Lipinski definition) is 3. The number of benzene rings is 2. The number of hydrogen-bond donors (Lipinski definition) is 3. The van der Waals surface area contributed by atoms with Crippen LogP contribution in [0.15, 0.2) is 58.2 Å². The summed E-state index contributed by atoms with van der Waals surface area (Å²) >= 11 is 3.48. The zero-order valence-corrected chi connectivity index (χ0v) is 13.3. The molecule has 0 aromatic heterocycles. The Kier molecular flexibility index (Phi) is 5.36. The average molecular weight is 348 g/mol. The first-order valence-corrected chi connectivity index (χ1v) is 7.45. The smallest absolute Gasteiger partial charge is 0.170 e. The molecule has 1 atom stereocenters. The lowest BCUT2D eigenvalue weighted by Crippen LogP contribution is -2.22. The van der Waals surface area contributed by atoms with Crippen LogP contribution in [-0.2, 0) is 6.54 Å². The molecular weight excluding hydrogens is 330 g/mol. The predicted octanol–water partition coefficient (Wildman–Crippen LogP) is 3.39. The number of oxime groups is 1. The maximum Gasteiger partial charge on any atom is 0.170 e. The lowest BCUT2D eigenvalue weighted by atomic mass is 10.0. The molecule has 5 heteroatoms. The van der Waals surface area contributed by atoms with Crippen molar-refractivity contribution < 1.29 is 5.21 Å². The Labute approximate surface area is 132 Å². The van der Waals surface area contributed by atoms with E-state index in [1.165, 1.54) is 5.56 Å². The van der Waals surface area contributed by atoms with Crippen LogP contribution in [-0.4, -0.2) is 11.0 Å². The molecular formula is C16H18BrN3O. The van der Waals surface area contributed by atoms with Crippen molar-refractivity contribution in [1.29, 1.82) is 0 Å². The van der Waals surface area contributed by atoms with E-state index in [4.69, 9.17) is 10.9 Å². The van der Waals surface area contributed by atoms with Crippen molar-refractivity contribution in [2.45, 2.75) is 19.5 Å². The normalized spacial score (nSPS) is 13.1. The maximum atomic E-state index is 8.84. The highest BCUT2D eigenvalue weighted by atomic mass is 79.9. The highest BCUT2D eigenvalue weighted by Gasteiger charge is 2.09. The summed E-state index contributed by atoms with van der Waals surface area (Å²) in [4.78, 5) is 0. The fourth-order valence-electron chi connectivity index (χ4n) is 2.14. The largest absolute Gasteiger partial charge is 0.409 e. The van der Waals surface area contributed by atoms with E-state index in [0.717, 1.165) is 15.6 Å². The van der Waals surface area contributed by atoms with Crippen molar-refractivity contribution in [3.63, 3.8) is 0 Å². The molecule has 0 aliphatic rings. The molecule has 0 aliphatic heterocycles. The fourth-order valence-corrected chi connectivity index (χ4v) is 2.55. The number of nitrogens with one attached hydrogen (secondary N) is 1. The molecule has 0 amide bonds. The van der Waals surface area contributed by atoms with E-state index in [2.05, 4.69) is 45.5 Å². The summed E-state index contributed by atoms with van der Waals surface area (Å²) in [6.07, 6.45) is 0. The van der Waals surface area contributed by atoms with Crippen LogP contribution in [0.1, 0.15) is 29.7 Å². The van der Waals surface area contributed by atoms with E-state index in [1.54, 1.807) is 0 Å². The molecule has 4 nitrogen and oxygen atoms in total. The van der Waals surface area contributed by atoms with E-state index in [1.807, 2.05) is 36.4 Å². The molecule has 2 rings (SSSR count). The Morgan fingerprint density at radius 2 is 2.05 bits per heavy atom. The van der Waals surface area contributed by atoms with Gasteiger partial charge in [0.2, 0.25) is 0 Å². The minimum atomic E-state index is 0.127. The molecule has 2 aromatic rings. The van der Waals surface area contributed by atoms with Gasteiger partial charge >= 0.3 is 0 Å². The second kappa shape index (κ2) is 7.24. The summed E-state index contributed by atoms with van der Waals surface area (Å²) in [5, 5.41) is 15.4. The first-order chi connectivity index (χ1) is 10.1. The summed E-state index contributed by atoms with van der Waals surface area (Å²) in [6, 6.07) is 16.0. The minimum absolute atomic E-state index is 0.127. The average Bonchev–Trinajstić information content (AvgIpc) is 2.52. The van der Waals surface area contributed by atoms with Crippen molar-refractivity contribution in [1.82, 2.24) is 5.32 Å². The Morgan fingerprint density at radius 1 is 1.29 bits per heavy atom. The topological polar surface area (TPSA) is 70.6 Å². The molecule has 2 aromatic carbocycles. The molecule has 0 radical (unpaired) electrons. The summed E-state index contributed by atoms with van der Waals surface area (Å²) < 4.78 is 1.06. The quantitative estimate of drug-likeness (QED) is 0.336. The van der Waals surface area contributed by atoms with Crippen molar-refractivity contribution in [2.24, 2.45) is 10.9 Å². The second-order valence-electron chi connectivity index (χ2n) is 4.80. The van der Waals surface area contributed by atoms with Gasteiger partial charge in [-0.2, -0.15) is 0 Å². The van der Waals surface area contributed by atoms with Gasteiger partial charge in [-0.3, -0.25) is 0 Å². The summed E-state index contributed by atoms with van der Waals surface area (Å²) in [7, 11) is 0. The maximum absolute atomic E-state index is 8.84. The van der Waals surface area contributed by atoms with Gasteiger partial charge in [-0.1, -0.05) is 57.5 Å². The third-order valence-corrected chi connectivity index (χ3v) is 3.84. The van der Waals surface area contributed by atoms with E-state index < -0.39 is 0 Å². The Hall–Kier alpha value is -1.85. The number of nitrogens with two attached hydrogens (primary N) is 1. The number of halogens is 1. The van der Waals surface area contributed by atoms with Crippen molar-refractivity contribution in [3.8, 4) is 0 Å². The van der Waals surface area contributed by atoms with Crippen LogP contribution < -0.4 is 11.1 Å². The van der Waals surface area contributed by atoms with E-state index in [0.29, 0.717) is 6.54 Å². The molecule has 110 valence electrons. The molecule has 0 bridgehead atoms. The summed E-state index contributed by atoms with van der Waals surface area (Å²) in [6.45, 7) is 2.74. The monoisotopic (exact) mass is 347 g/mol. The molecule has 0 heterocycles. The van der Waals surface area contributed by atoms with E-state index >= 15 is 0 Å².